The number of carbonyl (C=O) groups is 2. The largest absolute Gasteiger partial charge is 0.494 e. The van der Waals surface area contributed by atoms with Gasteiger partial charge in [-0.05, 0) is 48.9 Å². The van der Waals surface area contributed by atoms with Gasteiger partial charge in [-0.25, -0.2) is 4.79 Å². The van der Waals surface area contributed by atoms with Gasteiger partial charge in [0, 0.05) is 22.5 Å². The maximum atomic E-state index is 13.0. The number of nitrogens with zero attached hydrogens (tertiary/aromatic N) is 1. The Morgan fingerprint density at radius 2 is 1.81 bits per heavy atom. The Morgan fingerprint density at radius 3 is 2.48 bits per heavy atom. The second-order valence-corrected chi connectivity index (χ2v) is 7.32. The molecular weight excluding hydrogens is 410 g/mol. The van der Waals surface area contributed by atoms with Crippen LogP contribution in [-0.2, 0) is 14.3 Å². The molecule has 0 fully saturated rings. The summed E-state index contributed by atoms with van der Waals surface area (Å²) >= 11 is 3.40. The van der Waals surface area contributed by atoms with E-state index in [0.29, 0.717) is 17.9 Å². The molecule has 2 aliphatic heterocycles. The molecule has 27 heavy (non-hydrogen) atoms. The predicted molar refractivity (Wildman–Crippen MR) is 105 cm³/mol. The smallest absolute Gasteiger partial charge is 0.336 e. The van der Waals surface area contributed by atoms with Gasteiger partial charge in [-0.15, -0.1) is 0 Å². The Hall–Kier alpha value is -2.60. The lowest BCUT2D eigenvalue weighted by molar-refractivity contribution is -0.136. The number of esters is 1. The third-order valence-corrected chi connectivity index (χ3v) is 5.32. The Labute approximate surface area is 165 Å². The van der Waals surface area contributed by atoms with Gasteiger partial charge in [0.15, 0.2) is 0 Å². The van der Waals surface area contributed by atoms with Crippen LogP contribution >= 0.6 is 15.9 Å². The van der Waals surface area contributed by atoms with Gasteiger partial charge < -0.3 is 9.47 Å². The summed E-state index contributed by atoms with van der Waals surface area (Å²) in [7, 11) is 0. The van der Waals surface area contributed by atoms with Crippen molar-refractivity contribution in [3.8, 4) is 5.75 Å². The van der Waals surface area contributed by atoms with Gasteiger partial charge in [-0.1, -0.05) is 28.1 Å². The summed E-state index contributed by atoms with van der Waals surface area (Å²) in [6.45, 7) is 2.63. The van der Waals surface area contributed by atoms with Gasteiger partial charge >= 0.3 is 5.97 Å². The van der Waals surface area contributed by atoms with Gasteiger partial charge in [0.2, 0.25) is 5.91 Å². The molecular formula is C21H18BrNO4. The van der Waals surface area contributed by atoms with Crippen LogP contribution in [0.4, 0.5) is 5.69 Å². The minimum absolute atomic E-state index is 0.0479. The van der Waals surface area contributed by atoms with Crippen LogP contribution in [0.1, 0.15) is 24.8 Å². The topological polar surface area (TPSA) is 55.8 Å². The van der Waals surface area contributed by atoms with Crippen molar-refractivity contribution in [3.63, 3.8) is 0 Å². The summed E-state index contributed by atoms with van der Waals surface area (Å²) < 4.78 is 11.7. The molecule has 2 heterocycles. The van der Waals surface area contributed by atoms with Crippen LogP contribution in [0.3, 0.4) is 0 Å². The molecule has 2 aromatic carbocycles. The van der Waals surface area contributed by atoms with Crippen molar-refractivity contribution >= 4 is 33.5 Å². The highest BCUT2D eigenvalue weighted by molar-refractivity contribution is 9.10. The third-order valence-electron chi connectivity index (χ3n) is 4.80. The number of amides is 1. The molecule has 0 bridgehead atoms. The Kier molecular flexibility index (Phi) is 4.74. The normalized spacial score (nSPS) is 19.2. The van der Waals surface area contributed by atoms with E-state index in [9.17, 15) is 9.59 Å². The van der Waals surface area contributed by atoms with Crippen LogP contribution in [0.15, 0.2) is 64.3 Å². The highest BCUT2D eigenvalue weighted by atomic mass is 79.9. The first-order valence-corrected chi connectivity index (χ1v) is 9.59. The Bertz CT molecular complexity index is 918. The van der Waals surface area contributed by atoms with Crippen molar-refractivity contribution in [2.45, 2.75) is 19.3 Å². The fourth-order valence-electron chi connectivity index (χ4n) is 3.59. The Balaban J connectivity index is 1.74. The van der Waals surface area contributed by atoms with E-state index in [-0.39, 0.29) is 30.8 Å². The summed E-state index contributed by atoms with van der Waals surface area (Å²) in [6.07, 6.45) is 0.220. The minimum atomic E-state index is -0.349. The SMILES string of the molecule is CCOc1ccc([C@H]2CC(=O)N(c3ccc(Br)cc3)C3=C2C(=O)OC3)cc1. The molecule has 0 spiro atoms. The molecule has 2 aliphatic rings. The van der Waals surface area contributed by atoms with E-state index in [1.165, 1.54) is 0 Å². The summed E-state index contributed by atoms with van der Waals surface area (Å²) in [5.74, 6) is 0.0692. The molecule has 4 rings (SSSR count). The lowest BCUT2D eigenvalue weighted by Crippen LogP contribution is -2.37. The van der Waals surface area contributed by atoms with E-state index < -0.39 is 0 Å². The van der Waals surface area contributed by atoms with E-state index in [0.717, 1.165) is 21.5 Å². The molecule has 6 heteroatoms. The van der Waals surface area contributed by atoms with E-state index in [2.05, 4.69) is 15.9 Å². The number of cyclic esters (lactones) is 1. The molecule has 5 nitrogen and oxygen atoms in total. The number of ether oxygens (including phenoxy) is 2. The lowest BCUT2D eigenvalue weighted by atomic mass is 9.84. The molecule has 1 atom stereocenters. The van der Waals surface area contributed by atoms with Crippen LogP contribution in [0.5, 0.6) is 5.75 Å². The number of hydrogen-bond acceptors (Lipinski definition) is 4. The predicted octanol–water partition coefficient (Wildman–Crippen LogP) is 4.18. The van der Waals surface area contributed by atoms with Crippen molar-refractivity contribution in [3.05, 3.63) is 69.8 Å². The first-order chi connectivity index (χ1) is 13.1. The van der Waals surface area contributed by atoms with Crippen LogP contribution in [0, 0.1) is 0 Å². The van der Waals surface area contributed by atoms with Crippen molar-refractivity contribution in [2.75, 3.05) is 18.1 Å². The van der Waals surface area contributed by atoms with Crippen LogP contribution in [-0.4, -0.2) is 25.1 Å². The fraction of sp³-hybridized carbons (Fsp3) is 0.238. The van der Waals surface area contributed by atoms with E-state index >= 15 is 0 Å². The second kappa shape index (κ2) is 7.19. The number of benzene rings is 2. The third kappa shape index (κ3) is 3.25. The van der Waals surface area contributed by atoms with E-state index in [4.69, 9.17) is 9.47 Å². The first kappa shape index (κ1) is 17.8. The van der Waals surface area contributed by atoms with Gasteiger partial charge in [0.1, 0.15) is 12.4 Å². The second-order valence-electron chi connectivity index (χ2n) is 6.40. The molecule has 0 aliphatic carbocycles. The van der Waals surface area contributed by atoms with Gasteiger partial charge in [0.05, 0.1) is 17.9 Å². The van der Waals surface area contributed by atoms with Gasteiger partial charge in [-0.2, -0.15) is 0 Å². The molecule has 0 N–H and O–H groups in total. The average molecular weight is 428 g/mol. The molecule has 138 valence electrons. The molecule has 0 saturated heterocycles. The number of hydrogen-bond donors (Lipinski definition) is 0. The molecule has 2 aromatic rings. The maximum absolute atomic E-state index is 13.0. The van der Waals surface area contributed by atoms with Crippen LogP contribution < -0.4 is 9.64 Å². The van der Waals surface area contributed by atoms with Crippen molar-refractivity contribution in [1.29, 1.82) is 0 Å². The van der Waals surface area contributed by atoms with Crippen molar-refractivity contribution < 1.29 is 19.1 Å². The standard InChI is InChI=1S/C21H18BrNO4/c1-2-26-16-9-3-13(4-10-16)17-11-19(24)23(15-7-5-14(22)6-8-15)18-12-27-21(25)20(17)18/h3-10,17H,2,11-12H2,1H3/t17-/m1/s1. The Morgan fingerprint density at radius 1 is 1.11 bits per heavy atom. The fourth-order valence-corrected chi connectivity index (χ4v) is 3.86. The van der Waals surface area contributed by atoms with Gasteiger partial charge in [-0.3, -0.25) is 9.69 Å². The summed E-state index contributed by atoms with van der Waals surface area (Å²) in [5, 5.41) is 0. The lowest BCUT2D eigenvalue weighted by Gasteiger charge is -2.32. The zero-order valence-electron chi connectivity index (χ0n) is 14.8. The van der Waals surface area contributed by atoms with Crippen LogP contribution in [0.25, 0.3) is 0 Å². The number of rotatable bonds is 4. The first-order valence-electron chi connectivity index (χ1n) is 8.80. The van der Waals surface area contributed by atoms with Gasteiger partial charge in [0.25, 0.3) is 0 Å². The number of carbonyl (C=O) groups excluding carboxylic acids is 2. The molecule has 0 aromatic heterocycles. The molecule has 0 saturated carbocycles. The summed E-state index contributed by atoms with van der Waals surface area (Å²) in [4.78, 5) is 27.0. The van der Waals surface area contributed by atoms with Crippen LogP contribution in [0.2, 0.25) is 0 Å². The van der Waals surface area contributed by atoms with Crippen molar-refractivity contribution in [1.82, 2.24) is 0 Å². The van der Waals surface area contributed by atoms with E-state index in [1.54, 1.807) is 4.90 Å². The average Bonchev–Trinajstić information content (AvgIpc) is 3.05. The molecule has 1 amide bonds. The molecule has 0 radical (unpaired) electrons. The van der Waals surface area contributed by atoms with Crippen molar-refractivity contribution in [2.24, 2.45) is 0 Å². The zero-order valence-corrected chi connectivity index (χ0v) is 16.4. The minimum Gasteiger partial charge on any atom is -0.494 e. The highest BCUT2D eigenvalue weighted by Gasteiger charge is 2.42. The van der Waals surface area contributed by atoms with E-state index in [1.807, 2.05) is 55.5 Å². The molecule has 0 unspecified atom stereocenters. The zero-order chi connectivity index (χ0) is 19.0. The number of halogens is 1. The maximum Gasteiger partial charge on any atom is 0.336 e. The summed E-state index contributed by atoms with van der Waals surface area (Å²) in [6, 6.07) is 15.0. The number of anilines is 1. The monoisotopic (exact) mass is 427 g/mol. The highest BCUT2D eigenvalue weighted by Crippen LogP contribution is 2.42. The quantitative estimate of drug-likeness (QED) is 0.686. The summed E-state index contributed by atoms with van der Waals surface area (Å²) in [5.41, 5.74) is 2.85.